The minimum Gasteiger partial charge on any atom is -0.286 e. The molecule has 2 unspecified atom stereocenters. The lowest BCUT2D eigenvalue weighted by Crippen LogP contribution is -2.42. The van der Waals surface area contributed by atoms with E-state index >= 15 is 0 Å². The van der Waals surface area contributed by atoms with Crippen LogP contribution in [0.3, 0.4) is 0 Å². The molecule has 2 aromatic carbocycles. The minimum atomic E-state index is -3.75. The van der Waals surface area contributed by atoms with Crippen molar-refractivity contribution >= 4 is 33.2 Å². The Bertz CT molecular complexity index is 1070. The standard InChI is InChI=1S/C20H21F2N3O2S.ClH/c1-14(12-24-20(22)10-15-3-2-4-18(21)9-15)25-28(26,27)19-6-5-17-13-23-8-7-16(17)11-19;/h2-9,11,13-14,20,24-25H,10,12H2,1H3;1H. The molecule has 2 atom stereocenters. The first kappa shape index (κ1) is 23.2. The van der Waals surface area contributed by atoms with Gasteiger partial charge in [-0.2, -0.15) is 0 Å². The van der Waals surface area contributed by atoms with E-state index in [9.17, 15) is 17.2 Å². The van der Waals surface area contributed by atoms with Crippen molar-refractivity contribution in [3.8, 4) is 0 Å². The highest BCUT2D eigenvalue weighted by Gasteiger charge is 2.18. The summed E-state index contributed by atoms with van der Waals surface area (Å²) in [7, 11) is -3.75. The van der Waals surface area contributed by atoms with Gasteiger partial charge in [-0.3, -0.25) is 10.3 Å². The van der Waals surface area contributed by atoms with Gasteiger partial charge in [0.1, 0.15) is 5.82 Å². The van der Waals surface area contributed by atoms with Crippen molar-refractivity contribution in [1.82, 2.24) is 15.0 Å². The Morgan fingerprint density at radius 1 is 1.10 bits per heavy atom. The van der Waals surface area contributed by atoms with Gasteiger partial charge >= 0.3 is 0 Å². The molecule has 1 heterocycles. The third-order valence-electron chi connectivity index (χ3n) is 4.23. The Morgan fingerprint density at radius 2 is 1.90 bits per heavy atom. The molecule has 0 aliphatic rings. The number of sulfonamides is 1. The molecule has 9 heteroatoms. The van der Waals surface area contributed by atoms with Crippen LogP contribution < -0.4 is 10.0 Å². The van der Waals surface area contributed by atoms with Crippen LogP contribution in [0.4, 0.5) is 8.78 Å². The fourth-order valence-corrected chi connectivity index (χ4v) is 4.13. The molecule has 0 aliphatic heterocycles. The van der Waals surface area contributed by atoms with Gasteiger partial charge in [-0.1, -0.05) is 18.2 Å². The second-order valence-corrected chi connectivity index (χ2v) is 8.33. The number of aromatic nitrogens is 1. The average molecular weight is 442 g/mol. The molecule has 0 spiro atoms. The quantitative estimate of drug-likeness (QED) is 0.524. The van der Waals surface area contributed by atoms with Crippen LogP contribution in [-0.2, 0) is 16.4 Å². The van der Waals surface area contributed by atoms with E-state index in [-0.39, 0.29) is 30.3 Å². The summed E-state index contributed by atoms with van der Waals surface area (Å²) in [5, 5.41) is 4.24. The molecular formula is C20H22ClF2N3O2S. The van der Waals surface area contributed by atoms with Gasteiger partial charge in [-0.25, -0.2) is 21.9 Å². The van der Waals surface area contributed by atoms with E-state index in [2.05, 4.69) is 15.0 Å². The number of nitrogens with one attached hydrogen (secondary N) is 2. The van der Waals surface area contributed by atoms with E-state index in [1.807, 2.05) is 0 Å². The summed E-state index contributed by atoms with van der Waals surface area (Å²) in [5.74, 6) is -0.419. The number of hydrogen-bond acceptors (Lipinski definition) is 4. The van der Waals surface area contributed by atoms with Gasteiger partial charge in [-0.05, 0) is 48.2 Å². The van der Waals surface area contributed by atoms with Crippen LogP contribution >= 0.6 is 12.4 Å². The summed E-state index contributed by atoms with van der Waals surface area (Å²) in [4.78, 5) is 4.13. The first-order chi connectivity index (χ1) is 13.3. The van der Waals surface area contributed by atoms with Crippen molar-refractivity contribution < 1.29 is 17.2 Å². The van der Waals surface area contributed by atoms with Crippen LogP contribution in [-0.4, -0.2) is 32.3 Å². The number of nitrogens with zero attached hydrogens (tertiary/aromatic N) is 1. The van der Waals surface area contributed by atoms with Crippen LogP contribution in [0.5, 0.6) is 0 Å². The third kappa shape index (κ3) is 6.43. The summed E-state index contributed by atoms with van der Waals surface area (Å²) in [6.45, 7) is 1.73. The summed E-state index contributed by atoms with van der Waals surface area (Å²) < 4.78 is 54.9. The van der Waals surface area contributed by atoms with Gasteiger partial charge in [0.2, 0.25) is 10.0 Å². The average Bonchev–Trinajstić information content (AvgIpc) is 2.66. The van der Waals surface area contributed by atoms with E-state index in [0.717, 1.165) is 10.8 Å². The molecule has 5 nitrogen and oxygen atoms in total. The third-order valence-corrected chi connectivity index (χ3v) is 5.82. The van der Waals surface area contributed by atoms with Crippen LogP contribution in [0.15, 0.2) is 65.8 Å². The molecule has 2 N–H and O–H groups in total. The van der Waals surface area contributed by atoms with E-state index in [1.165, 1.54) is 24.3 Å². The Morgan fingerprint density at radius 3 is 2.66 bits per heavy atom. The molecule has 29 heavy (non-hydrogen) atoms. The number of benzene rings is 2. The maximum absolute atomic E-state index is 14.1. The van der Waals surface area contributed by atoms with Crippen molar-refractivity contribution in [2.24, 2.45) is 0 Å². The van der Waals surface area contributed by atoms with Gasteiger partial charge in [0, 0.05) is 36.8 Å². The van der Waals surface area contributed by atoms with E-state index in [4.69, 9.17) is 0 Å². The Balaban J connectivity index is 0.00000300. The molecule has 1 aromatic heterocycles. The van der Waals surface area contributed by atoms with Gasteiger partial charge in [-0.15, -0.1) is 12.4 Å². The zero-order valence-electron chi connectivity index (χ0n) is 15.7. The smallest absolute Gasteiger partial charge is 0.240 e. The van der Waals surface area contributed by atoms with Crippen LogP contribution in [0.25, 0.3) is 10.8 Å². The number of hydrogen-bond donors (Lipinski definition) is 2. The summed E-state index contributed by atoms with van der Waals surface area (Å²) in [6, 6.07) is 11.7. The maximum atomic E-state index is 14.1. The number of alkyl halides is 1. The van der Waals surface area contributed by atoms with E-state index < -0.39 is 28.2 Å². The van der Waals surface area contributed by atoms with Crippen molar-refractivity contribution in [3.05, 3.63) is 72.3 Å². The lowest BCUT2D eigenvalue weighted by atomic mass is 10.1. The lowest BCUT2D eigenvalue weighted by Gasteiger charge is -2.17. The zero-order chi connectivity index (χ0) is 20.1. The van der Waals surface area contributed by atoms with E-state index in [0.29, 0.717) is 5.56 Å². The number of pyridine rings is 1. The second kappa shape index (κ2) is 10.1. The normalized spacial score (nSPS) is 13.6. The Kier molecular flexibility index (Phi) is 8.04. The topological polar surface area (TPSA) is 71.1 Å². The first-order valence-electron chi connectivity index (χ1n) is 8.81. The zero-order valence-corrected chi connectivity index (χ0v) is 17.3. The fourth-order valence-electron chi connectivity index (χ4n) is 2.85. The van der Waals surface area contributed by atoms with Crippen LogP contribution in [0.1, 0.15) is 12.5 Å². The molecule has 0 saturated carbocycles. The number of rotatable bonds is 8. The predicted octanol–water partition coefficient (Wildman–Crippen LogP) is 3.59. The fraction of sp³-hybridized carbons (Fsp3) is 0.250. The van der Waals surface area contributed by atoms with Crippen molar-refractivity contribution in [1.29, 1.82) is 0 Å². The summed E-state index contributed by atoms with van der Waals surface area (Å²) in [5.41, 5.74) is 0.527. The van der Waals surface area contributed by atoms with E-state index in [1.54, 1.807) is 43.6 Å². The van der Waals surface area contributed by atoms with Crippen LogP contribution in [0.2, 0.25) is 0 Å². The Labute approximate surface area is 175 Å². The molecule has 3 aromatic rings. The molecular weight excluding hydrogens is 420 g/mol. The van der Waals surface area contributed by atoms with Crippen molar-refractivity contribution in [2.45, 2.75) is 30.6 Å². The first-order valence-corrected chi connectivity index (χ1v) is 10.3. The highest BCUT2D eigenvalue weighted by molar-refractivity contribution is 7.89. The highest BCUT2D eigenvalue weighted by Crippen LogP contribution is 2.18. The highest BCUT2D eigenvalue weighted by atomic mass is 35.5. The van der Waals surface area contributed by atoms with Crippen molar-refractivity contribution in [2.75, 3.05) is 6.54 Å². The number of fused-ring (bicyclic) bond motifs is 1. The molecule has 0 bridgehead atoms. The van der Waals surface area contributed by atoms with Crippen molar-refractivity contribution in [3.63, 3.8) is 0 Å². The van der Waals surface area contributed by atoms with Gasteiger partial charge in [0.25, 0.3) is 0 Å². The Hall–Kier alpha value is -2.13. The molecule has 0 amide bonds. The minimum absolute atomic E-state index is 0. The molecule has 3 rings (SSSR count). The largest absolute Gasteiger partial charge is 0.286 e. The SMILES string of the molecule is CC(CNC(F)Cc1cccc(F)c1)NS(=O)(=O)c1ccc2cnccc2c1.Cl. The second-order valence-electron chi connectivity index (χ2n) is 6.62. The van der Waals surface area contributed by atoms with Gasteiger partial charge in [0.05, 0.1) is 4.90 Å². The number of halogens is 3. The molecule has 156 valence electrons. The summed E-state index contributed by atoms with van der Waals surface area (Å²) in [6.07, 6.45) is 1.84. The summed E-state index contributed by atoms with van der Waals surface area (Å²) >= 11 is 0. The monoisotopic (exact) mass is 441 g/mol. The lowest BCUT2D eigenvalue weighted by molar-refractivity contribution is 0.266. The van der Waals surface area contributed by atoms with Gasteiger partial charge in [0.15, 0.2) is 6.30 Å². The molecule has 0 fully saturated rings. The molecule has 0 radical (unpaired) electrons. The van der Waals surface area contributed by atoms with Gasteiger partial charge < -0.3 is 0 Å². The van der Waals surface area contributed by atoms with Crippen LogP contribution in [0, 0.1) is 5.82 Å². The predicted molar refractivity (Wildman–Crippen MR) is 112 cm³/mol. The molecule has 0 saturated heterocycles. The molecule has 0 aliphatic carbocycles. The maximum Gasteiger partial charge on any atom is 0.240 e.